The molecule has 1 N–H and O–H groups in total. The summed E-state index contributed by atoms with van der Waals surface area (Å²) < 4.78 is 5.00. The molecule has 2 amide bonds. The van der Waals surface area contributed by atoms with Gasteiger partial charge in [-0.3, -0.25) is 9.59 Å². The molecule has 7 nitrogen and oxygen atoms in total. The third kappa shape index (κ3) is 4.88. The molecule has 2 aromatic carbocycles. The van der Waals surface area contributed by atoms with Crippen LogP contribution in [-0.4, -0.2) is 39.9 Å². The number of aryl methyl sites for hydroxylation is 1. The van der Waals surface area contributed by atoms with E-state index in [1.807, 2.05) is 41.3 Å². The first-order valence-electron chi connectivity index (χ1n) is 11.0. The Balaban J connectivity index is 1.30. The highest BCUT2D eigenvalue weighted by Gasteiger charge is 2.28. The Kier molecular flexibility index (Phi) is 6.35. The van der Waals surface area contributed by atoms with Crippen molar-refractivity contribution in [1.82, 2.24) is 15.0 Å². The fraction of sp³-hybridized carbons (Fsp3) is 0.360. The van der Waals surface area contributed by atoms with Gasteiger partial charge in [0.2, 0.25) is 17.6 Å². The van der Waals surface area contributed by atoms with Crippen LogP contribution in [0, 0.1) is 12.8 Å². The quantitative estimate of drug-likeness (QED) is 0.633. The van der Waals surface area contributed by atoms with Crippen molar-refractivity contribution in [1.29, 1.82) is 0 Å². The van der Waals surface area contributed by atoms with Crippen LogP contribution in [0.4, 0.5) is 5.69 Å². The minimum atomic E-state index is -0.0901. The summed E-state index contributed by atoms with van der Waals surface area (Å²) in [5, 5.41) is 6.91. The van der Waals surface area contributed by atoms with Gasteiger partial charge in [0, 0.05) is 42.7 Å². The molecule has 1 saturated heterocycles. The number of hydrogen-bond donors (Lipinski definition) is 1. The summed E-state index contributed by atoms with van der Waals surface area (Å²) in [6.45, 7) is 7.16. The van der Waals surface area contributed by atoms with Crippen molar-refractivity contribution in [2.45, 2.75) is 39.5 Å². The van der Waals surface area contributed by atoms with E-state index in [2.05, 4.69) is 29.3 Å². The minimum absolute atomic E-state index is 0.0224. The molecule has 1 fully saturated rings. The zero-order valence-corrected chi connectivity index (χ0v) is 18.7. The molecule has 1 aliphatic rings. The number of carbonyl (C=O) groups is 2. The van der Waals surface area contributed by atoms with E-state index in [1.165, 1.54) is 5.56 Å². The first-order chi connectivity index (χ1) is 15.4. The number of piperidine rings is 1. The van der Waals surface area contributed by atoms with Crippen LogP contribution in [0.1, 0.15) is 54.4 Å². The van der Waals surface area contributed by atoms with E-state index in [0.29, 0.717) is 49.1 Å². The second kappa shape index (κ2) is 9.34. The van der Waals surface area contributed by atoms with Crippen LogP contribution in [0.5, 0.6) is 0 Å². The van der Waals surface area contributed by atoms with E-state index in [-0.39, 0.29) is 17.7 Å². The molecule has 0 bridgehead atoms. The highest BCUT2D eigenvalue weighted by Crippen LogP contribution is 2.23. The first-order valence-corrected chi connectivity index (χ1v) is 11.0. The number of nitrogens with one attached hydrogen (secondary N) is 1. The zero-order chi connectivity index (χ0) is 22.7. The minimum Gasteiger partial charge on any atom is -0.339 e. The average Bonchev–Trinajstić information content (AvgIpc) is 3.25. The second-order valence-electron chi connectivity index (χ2n) is 8.55. The number of carbonyl (C=O) groups excluding carboxylic acids is 2. The van der Waals surface area contributed by atoms with E-state index in [0.717, 1.165) is 11.3 Å². The molecule has 7 heteroatoms. The number of anilines is 1. The van der Waals surface area contributed by atoms with Crippen molar-refractivity contribution in [2.75, 3.05) is 18.4 Å². The lowest BCUT2D eigenvalue weighted by Gasteiger charge is -2.31. The number of aromatic nitrogens is 2. The molecule has 166 valence electrons. The Bertz CT molecular complexity index is 1080. The maximum Gasteiger partial charge on any atom is 0.253 e. The van der Waals surface area contributed by atoms with Crippen LogP contribution in [0.25, 0.3) is 11.4 Å². The number of nitrogens with zero attached hydrogens (tertiary/aromatic N) is 3. The molecule has 32 heavy (non-hydrogen) atoms. The van der Waals surface area contributed by atoms with Crippen LogP contribution in [0.15, 0.2) is 53.1 Å². The summed E-state index contributed by atoms with van der Waals surface area (Å²) in [6, 6.07) is 15.2. The van der Waals surface area contributed by atoms with E-state index in [1.54, 1.807) is 19.1 Å². The van der Waals surface area contributed by atoms with Crippen LogP contribution in [0.3, 0.4) is 0 Å². The lowest BCUT2D eigenvalue weighted by molar-refractivity contribution is -0.121. The normalized spacial score (nSPS) is 14.6. The molecule has 0 saturated carbocycles. The molecule has 0 unspecified atom stereocenters. The average molecular weight is 433 g/mol. The molecular formula is C25H28N4O3. The summed E-state index contributed by atoms with van der Waals surface area (Å²) in [7, 11) is 0. The summed E-state index contributed by atoms with van der Waals surface area (Å²) in [4.78, 5) is 31.6. The molecule has 3 aromatic rings. The number of amides is 2. The van der Waals surface area contributed by atoms with E-state index >= 15 is 0 Å². The molecule has 4 rings (SSSR count). The number of likely N-dealkylation sites (tertiary alicyclic amines) is 1. The fourth-order valence-corrected chi connectivity index (χ4v) is 3.90. The van der Waals surface area contributed by atoms with Gasteiger partial charge in [-0.25, -0.2) is 0 Å². The Morgan fingerprint density at radius 2 is 1.69 bits per heavy atom. The summed E-state index contributed by atoms with van der Waals surface area (Å²) in [5.41, 5.74) is 3.47. The number of benzene rings is 2. The van der Waals surface area contributed by atoms with Crippen molar-refractivity contribution >= 4 is 17.5 Å². The standard InChI is InChI=1S/C25H28N4O3/c1-16(2)18-8-10-22(11-9-18)27-24(30)20-12-14-29(15-13-20)25(31)21-6-4-19(5-7-21)23-26-17(3)32-28-23/h4-11,16,20H,12-15H2,1-3H3,(H,27,30). The summed E-state index contributed by atoms with van der Waals surface area (Å²) >= 11 is 0. The third-order valence-electron chi connectivity index (χ3n) is 5.92. The predicted octanol–water partition coefficient (Wildman–Crippen LogP) is 4.66. The molecule has 0 spiro atoms. The highest BCUT2D eigenvalue weighted by molar-refractivity contribution is 5.95. The number of hydrogen-bond acceptors (Lipinski definition) is 5. The van der Waals surface area contributed by atoms with Crippen LogP contribution < -0.4 is 5.32 Å². The van der Waals surface area contributed by atoms with Crippen molar-refractivity contribution in [3.63, 3.8) is 0 Å². The maximum absolute atomic E-state index is 12.9. The Morgan fingerprint density at radius 3 is 2.25 bits per heavy atom. The van der Waals surface area contributed by atoms with Crippen LogP contribution >= 0.6 is 0 Å². The lowest BCUT2D eigenvalue weighted by Crippen LogP contribution is -2.41. The predicted molar refractivity (Wildman–Crippen MR) is 122 cm³/mol. The van der Waals surface area contributed by atoms with Crippen molar-refractivity contribution < 1.29 is 14.1 Å². The van der Waals surface area contributed by atoms with Crippen LogP contribution in [-0.2, 0) is 4.79 Å². The van der Waals surface area contributed by atoms with E-state index in [4.69, 9.17) is 4.52 Å². The van der Waals surface area contributed by atoms with Gasteiger partial charge in [-0.05, 0) is 48.6 Å². The Morgan fingerprint density at radius 1 is 1.03 bits per heavy atom. The van der Waals surface area contributed by atoms with Crippen molar-refractivity contribution in [3.8, 4) is 11.4 Å². The van der Waals surface area contributed by atoms with Gasteiger partial charge in [0.05, 0.1) is 0 Å². The molecule has 1 aromatic heterocycles. The number of rotatable bonds is 5. The monoisotopic (exact) mass is 432 g/mol. The van der Waals surface area contributed by atoms with Crippen molar-refractivity contribution in [2.24, 2.45) is 5.92 Å². The SMILES string of the molecule is Cc1nc(-c2ccc(C(=O)N3CCC(C(=O)Nc4ccc(C(C)C)cc4)CC3)cc2)no1. The molecule has 1 aliphatic heterocycles. The maximum atomic E-state index is 12.9. The molecular weight excluding hydrogens is 404 g/mol. The third-order valence-corrected chi connectivity index (χ3v) is 5.92. The Hall–Kier alpha value is -3.48. The van der Waals surface area contributed by atoms with Gasteiger partial charge in [-0.15, -0.1) is 0 Å². The molecule has 2 heterocycles. The van der Waals surface area contributed by atoms with Crippen LogP contribution in [0.2, 0.25) is 0 Å². The lowest BCUT2D eigenvalue weighted by atomic mass is 9.95. The van der Waals surface area contributed by atoms with E-state index < -0.39 is 0 Å². The molecule has 0 atom stereocenters. The highest BCUT2D eigenvalue weighted by atomic mass is 16.5. The van der Waals surface area contributed by atoms with Gasteiger partial charge in [0.15, 0.2) is 0 Å². The van der Waals surface area contributed by atoms with Gasteiger partial charge < -0.3 is 14.7 Å². The molecule has 0 aliphatic carbocycles. The largest absolute Gasteiger partial charge is 0.339 e. The van der Waals surface area contributed by atoms with Gasteiger partial charge >= 0.3 is 0 Å². The summed E-state index contributed by atoms with van der Waals surface area (Å²) in [6.07, 6.45) is 1.31. The Labute approximate surface area is 187 Å². The first kappa shape index (κ1) is 21.7. The molecule has 0 radical (unpaired) electrons. The topological polar surface area (TPSA) is 88.3 Å². The van der Waals surface area contributed by atoms with Gasteiger partial charge in [-0.2, -0.15) is 4.98 Å². The van der Waals surface area contributed by atoms with Gasteiger partial charge in [-0.1, -0.05) is 43.3 Å². The fourth-order valence-electron chi connectivity index (χ4n) is 3.90. The van der Waals surface area contributed by atoms with E-state index in [9.17, 15) is 9.59 Å². The smallest absolute Gasteiger partial charge is 0.253 e. The van der Waals surface area contributed by atoms with Gasteiger partial charge in [0.1, 0.15) is 0 Å². The second-order valence-corrected chi connectivity index (χ2v) is 8.55. The van der Waals surface area contributed by atoms with Gasteiger partial charge in [0.25, 0.3) is 5.91 Å². The zero-order valence-electron chi connectivity index (χ0n) is 18.7. The summed E-state index contributed by atoms with van der Waals surface area (Å²) in [5.74, 6) is 1.37. The van der Waals surface area contributed by atoms with Crippen molar-refractivity contribution in [3.05, 3.63) is 65.5 Å².